The average molecular weight is 281 g/mol. The molecule has 1 amide bonds. The molecule has 0 N–H and O–H groups in total. The topological polar surface area (TPSA) is 40.2 Å². The standard InChI is InChI=1S/C13H8Cl2NO2/c14-9-6-10(15)8-12(7-9)16(13(17)18)11-4-2-1-3-5-11/h1-8H. The molecule has 0 atom stereocenters. The quantitative estimate of drug-likeness (QED) is 0.787. The van der Waals surface area contributed by atoms with Crippen molar-refractivity contribution in [1.82, 2.24) is 0 Å². The number of amides is 1. The minimum absolute atomic E-state index is 0.346. The van der Waals surface area contributed by atoms with E-state index in [0.717, 1.165) is 4.90 Å². The lowest BCUT2D eigenvalue weighted by molar-refractivity contribution is 0.179. The number of halogens is 2. The summed E-state index contributed by atoms with van der Waals surface area (Å²) in [4.78, 5) is 12.3. The van der Waals surface area contributed by atoms with Crippen LogP contribution in [-0.4, -0.2) is 6.09 Å². The van der Waals surface area contributed by atoms with Crippen molar-refractivity contribution >= 4 is 40.7 Å². The Morgan fingerprint density at radius 3 is 1.94 bits per heavy atom. The van der Waals surface area contributed by atoms with Crippen molar-refractivity contribution in [1.29, 1.82) is 0 Å². The maximum absolute atomic E-state index is 11.3. The molecule has 0 saturated carbocycles. The normalized spacial score (nSPS) is 10.1. The van der Waals surface area contributed by atoms with Gasteiger partial charge in [0.25, 0.3) is 0 Å². The van der Waals surface area contributed by atoms with E-state index in [1.165, 1.54) is 18.2 Å². The predicted octanol–water partition coefficient (Wildman–Crippen LogP) is 4.68. The minimum atomic E-state index is -1.35. The van der Waals surface area contributed by atoms with Gasteiger partial charge in [-0.3, -0.25) is 0 Å². The predicted molar refractivity (Wildman–Crippen MR) is 71.1 cm³/mol. The summed E-state index contributed by atoms with van der Waals surface area (Å²) in [5.41, 5.74) is 0.814. The number of carbonyl (C=O) groups is 1. The summed E-state index contributed by atoms with van der Waals surface area (Å²) in [6, 6.07) is 13.1. The molecule has 2 aromatic carbocycles. The number of carbonyl (C=O) groups excluding carboxylic acids is 1. The van der Waals surface area contributed by atoms with Gasteiger partial charge in [0.1, 0.15) is 0 Å². The Bertz CT molecular complexity index is 552. The van der Waals surface area contributed by atoms with Crippen molar-refractivity contribution in [2.24, 2.45) is 0 Å². The molecule has 1 radical (unpaired) electrons. The second kappa shape index (κ2) is 5.29. The second-order valence-electron chi connectivity index (χ2n) is 3.56. The van der Waals surface area contributed by atoms with Crippen LogP contribution in [0.1, 0.15) is 0 Å². The number of benzene rings is 2. The fourth-order valence-corrected chi connectivity index (χ4v) is 2.12. The van der Waals surface area contributed by atoms with Crippen LogP contribution in [0.5, 0.6) is 0 Å². The molecule has 0 bridgehead atoms. The van der Waals surface area contributed by atoms with Crippen molar-refractivity contribution < 1.29 is 9.90 Å². The van der Waals surface area contributed by atoms with E-state index < -0.39 is 6.09 Å². The molecule has 0 saturated heterocycles. The summed E-state index contributed by atoms with van der Waals surface area (Å²) < 4.78 is 0. The molecule has 0 aromatic heterocycles. The third-order valence-electron chi connectivity index (χ3n) is 2.30. The summed E-state index contributed by atoms with van der Waals surface area (Å²) in [5.74, 6) is 0. The van der Waals surface area contributed by atoms with Crippen molar-refractivity contribution in [2.45, 2.75) is 0 Å². The molecule has 0 heterocycles. The van der Waals surface area contributed by atoms with Gasteiger partial charge in [-0.05, 0) is 30.3 Å². The fraction of sp³-hybridized carbons (Fsp3) is 0. The molecule has 0 aliphatic carbocycles. The Morgan fingerprint density at radius 1 is 0.889 bits per heavy atom. The maximum atomic E-state index is 11.3. The van der Waals surface area contributed by atoms with Gasteiger partial charge in [-0.2, -0.15) is 0 Å². The number of rotatable bonds is 2. The Labute approximate surface area is 114 Å². The van der Waals surface area contributed by atoms with E-state index in [-0.39, 0.29) is 0 Å². The van der Waals surface area contributed by atoms with E-state index in [0.29, 0.717) is 21.4 Å². The van der Waals surface area contributed by atoms with E-state index in [4.69, 9.17) is 23.2 Å². The number of hydrogen-bond donors (Lipinski definition) is 0. The Balaban J connectivity index is 2.52. The Kier molecular flexibility index (Phi) is 3.75. The summed E-state index contributed by atoms with van der Waals surface area (Å²) in [7, 11) is 0. The van der Waals surface area contributed by atoms with E-state index in [1.54, 1.807) is 30.3 Å². The van der Waals surface area contributed by atoms with E-state index in [1.807, 2.05) is 0 Å². The van der Waals surface area contributed by atoms with Crippen LogP contribution >= 0.6 is 23.2 Å². The summed E-state index contributed by atoms with van der Waals surface area (Å²) >= 11 is 11.7. The van der Waals surface area contributed by atoms with Gasteiger partial charge in [-0.25, -0.2) is 14.8 Å². The van der Waals surface area contributed by atoms with Crippen LogP contribution in [0, 0.1) is 0 Å². The average Bonchev–Trinajstić information content (AvgIpc) is 2.28. The van der Waals surface area contributed by atoms with Gasteiger partial charge in [-0.1, -0.05) is 41.4 Å². The molecule has 18 heavy (non-hydrogen) atoms. The van der Waals surface area contributed by atoms with Gasteiger partial charge in [-0.15, -0.1) is 0 Å². The molecule has 0 aliphatic rings. The van der Waals surface area contributed by atoms with E-state index >= 15 is 0 Å². The molecule has 3 nitrogen and oxygen atoms in total. The zero-order valence-corrected chi connectivity index (χ0v) is 10.7. The van der Waals surface area contributed by atoms with Crippen molar-refractivity contribution in [3.8, 4) is 0 Å². The first-order valence-electron chi connectivity index (χ1n) is 5.10. The molecule has 5 heteroatoms. The summed E-state index contributed by atoms with van der Waals surface area (Å²) in [6.45, 7) is 0. The molecule has 2 rings (SSSR count). The highest BCUT2D eigenvalue weighted by molar-refractivity contribution is 6.35. The number of para-hydroxylation sites is 1. The van der Waals surface area contributed by atoms with Gasteiger partial charge in [0, 0.05) is 10.0 Å². The molecule has 0 unspecified atom stereocenters. The number of anilines is 2. The molecular formula is C13H8Cl2NO2. The van der Waals surface area contributed by atoms with Gasteiger partial charge >= 0.3 is 6.09 Å². The van der Waals surface area contributed by atoms with Crippen LogP contribution in [-0.2, 0) is 5.11 Å². The maximum Gasteiger partial charge on any atom is 0.462 e. The highest BCUT2D eigenvalue weighted by atomic mass is 35.5. The van der Waals surface area contributed by atoms with Gasteiger partial charge < -0.3 is 0 Å². The fourth-order valence-electron chi connectivity index (χ4n) is 1.61. The van der Waals surface area contributed by atoms with Crippen LogP contribution in [0.3, 0.4) is 0 Å². The minimum Gasteiger partial charge on any atom is -0.243 e. The molecule has 0 spiro atoms. The molecular weight excluding hydrogens is 273 g/mol. The third-order valence-corrected chi connectivity index (χ3v) is 2.74. The van der Waals surface area contributed by atoms with Crippen LogP contribution in [0.2, 0.25) is 10.0 Å². The number of hydrogen-bond acceptors (Lipinski definition) is 1. The SMILES string of the molecule is [O]C(=O)N(c1ccccc1)c1cc(Cl)cc(Cl)c1. The summed E-state index contributed by atoms with van der Waals surface area (Å²) in [5, 5.41) is 12.0. The highest BCUT2D eigenvalue weighted by Gasteiger charge is 2.19. The largest absolute Gasteiger partial charge is 0.462 e. The molecule has 91 valence electrons. The van der Waals surface area contributed by atoms with Crippen molar-refractivity contribution in [3.63, 3.8) is 0 Å². The van der Waals surface area contributed by atoms with Crippen molar-refractivity contribution in [2.75, 3.05) is 4.90 Å². The lowest BCUT2D eigenvalue weighted by atomic mass is 10.2. The third kappa shape index (κ3) is 2.75. The van der Waals surface area contributed by atoms with Gasteiger partial charge in [0.2, 0.25) is 0 Å². The first-order valence-corrected chi connectivity index (χ1v) is 5.86. The second-order valence-corrected chi connectivity index (χ2v) is 4.44. The molecule has 0 aliphatic heterocycles. The highest BCUT2D eigenvalue weighted by Crippen LogP contribution is 2.30. The van der Waals surface area contributed by atoms with Crippen LogP contribution in [0.15, 0.2) is 48.5 Å². The van der Waals surface area contributed by atoms with E-state index in [2.05, 4.69) is 0 Å². The monoisotopic (exact) mass is 280 g/mol. The van der Waals surface area contributed by atoms with Crippen LogP contribution in [0.4, 0.5) is 16.2 Å². The van der Waals surface area contributed by atoms with Gasteiger partial charge in [0.05, 0.1) is 11.4 Å². The molecule has 0 fully saturated rings. The molecule has 2 aromatic rings. The zero-order valence-electron chi connectivity index (χ0n) is 9.14. The summed E-state index contributed by atoms with van der Waals surface area (Å²) in [6.07, 6.45) is -1.35. The zero-order chi connectivity index (χ0) is 13.1. The lowest BCUT2D eigenvalue weighted by Crippen LogP contribution is -2.22. The Morgan fingerprint density at radius 2 is 1.44 bits per heavy atom. The van der Waals surface area contributed by atoms with Crippen molar-refractivity contribution in [3.05, 3.63) is 58.6 Å². The van der Waals surface area contributed by atoms with Crippen LogP contribution < -0.4 is 4.90 Å². The number of nitrogens with zero attached hydrogens (tertiary/aromatic N) is 1. The Hall–Kier alpha value is -1.71. The smallest absolute Gasteiger partial charge is 0.243 e. The van der Waals surface area contributed by atoms with Gasteiger partial charge in [0.15, 0.2) is 0 Å². The van der Waals surface area contributed by atoms with E-state index in [9.17, 15) is 9.90 Å². The first-order chi connectivity index (χ1) is 8.58. The first kappa shape index (κ1) is 12.7. The van der Waals surface area contributed by atoms with Crippen LogP contribution in [0.25, 0.3) is 0 Å². The lowest BCUT2D eigenvalue weighted by Gasteiger charge is -2.18.